The first-order valence-corrected chi connectivity index (χ1v) is 10.8. The van der Waals surface area contributed by atoms with Gasteiger partial charge in [0.05, 0.1) is 6.42 Å². The number of hydrogen-bond acceptors (Lipinski definition) is 1. The first kappa shape index (κ1) is 19.8. The minimum atomic E-state index is -0.782. The van der Waals surface area contributed by atoms with Gasteiger partial charge in [0.15, 0.2) is 0 Å². The Kier molecular flexibility index (Phi) is 6.05. The molecule has 1 aromatic heterocycles. The smallest absolute Gasteiger partial charge is 0.305 e. The molecule has 1 aliphatic carbocycles. The molecular weight excluding hydrogens is 382 g/mol. The van der Waals surface area contributed by atoms with Crippen LogP contribution in [-0.2, 0) is 30.6 Å². The summed E-state index contributed by atoms with van der Waals surface area (Å²) < 4.78 is 2.03. The lowest BCUT2D eigenvalue weighted by Crippen LogP contribution is -2.03. The highest BCUT2D eigenvalue weighted by atomic mass is 35.5. The van der Waals surface area contributed by atoms with Gasteiger partial charge in [-0.25, -0.2) is 0 Å². The Balaban J connectivity index is 1.44. The Hall–Kier alpha value is -2.52. The molecule has 0 unspecified atom stereocenters. The molecule has 150 valence electrons. The molecule has 0 aliphatic heterocycles. The number of carboxylic acid groups (broad SMARTS) is 1. The van der Waals surface area contributed by atoms with Crippen LogP contribution < -0.4 is 0 Å². The molecule has 0 saturated heterocycles. The lowest BCUT2D eigenvalue weighted by Gasteiger charge is -2.14. The van der Waals surface area contributed by atoms with E-state index in [4.69, 9.17) is 16.7 Å². The molecule has 0 atom stereocenters. The Labute approximate surface area is 176 Å². The average Bonchev–Trinajstić information content (AvgIpc) is 3.06. The second-order valence-corrected chi connectivity index (χ2v) is 8.23. The van der Waals surface area contributed by atoms with Crippen molar-refractivity contribution in [2.24, 2.45) is 0 Å². The molecule has 2 aromatic carbocycles. The molecule has 29 heavy (non-hydrogen) atoms. The van der Waals surface area contributed by atoms with Gasteiger partial charge in [-0.2, -0.15) is 0 Å². The van der Waals surface area contributed by atoms with Crippen molar-refractivity contribution in [3.8, 4) is 0 Å². The van der Waals surface area contributed by atoms with Gasteiger partial charge in [-0.1, -0.05) is 48.0 Å². The minimum Gasteiger partial charge on any atom is -0.481 e. The number of aromatic nitrogens is 1. The van der Waals surface area contributed by atoms with E-state index in [0.717, 1.165) is 44.0 Å². The van der Waals surface area contributed by atoms with E-state index in [0.29, 0.717) is 11.6 Å². The lowest BCUT2D eigenvalue weighted by atomic mass is 9.91. The molecule has 0 spiro atoms. The van der Waals surface area contributed by atoms with Crippen LogP contribution in [0.25, 0.3) is 17.0 Å². The van der Waals surface area contributed by atoms with Crippen molar-refractivity contribution in [3.05, 3.63) is 75.9 Å². The van der Waals surface area contributed by atoms with Crippen LogP contribution in [0.5, 0.6) is 0 Å². The third kappa shape index (κ3) is 4.56. The number of allylic oxidation sites excluding steroid dienone is 1. The Morgan fingerprint density at radius 3 is 2.76 bits per heavy atom. The van der Waals surface area contributed by atoms with Crippen molar-refractivity contribution in [2.45, 2.75) is 51.5 Å². The van der Waals surface area contributed by atoms with Crippen LogP contribution in [0.1, 0.15) is 47.9 Å². The van der Waals surface area contributed by atoms with Crippen LogP contribution >= 0.6 is 11.6 Å². The molecule has 0 bridgehead atoms. The molecule has 4 rings (SSSR count). The predicted octanol–water partition coefficient (Wildman–Crippen LogP) is 6.29. The summed E-state index contributed by atoms with van der Waals surface area (Å²) in [6, 6.07) is 12.6. The fourth-order valence-electron chi connectivity index (χ4n) is 4.33. The zero-order valence-corrected chi connectivity index (χ0v) is 17.3. The molecule has 4 heteroatoms. The maximum atomic E-state index is 11.0. The summed E-state index contributed by atoms with van der Waals surface area (Å²) in [4.78, 5) is 11.0. The van der Waals surface area contributed by atoms with Gasteiger partial charge in [0, 0.05) is 28.7 Å². The highest BCUT2D eigenvalue weighted by Gasteiger charge is 2.11. The van der Waals surface area contributed by atoms with Gasteiger partial charge < -0.3 is 9.67 Å². The van der Waals surface area contributed by atoms with Gasteiger partial charge in [0.2, 0.25) is 0 Å². The van der Waals surface area contributed by atoms with Gasteiger partial charge in [-0.3, -0.25) is 4.79 Å². The van der Waals surface area contributed by atoms with E-state index in [1.54, 1.807) is 0 Å². The van der Waals surface area contributed by atoms with E-state index in [9.17, 15) is 4.79 Å². The normalized spacial score (nSPS) is 13.0. The van der Waals surface area contributed by atoms with Crippen molar-refractivity contribution in [3.63, 3.8) is 0 Å². The first-order chi connectivity index (χ1) is 14.1. The van der Waals surface area contributed by atoms with Crippen molar-refractivity contribution in [1.29, 1.82) is 0 Å². The molecule has 1 heterocycles. The summed E-state index contributed by atoms with van der Waals surface area (Å²) in [6.07, 6.45) is 13.4. The zero-order valence-electron chi connectivity index (χ0n) is 16.5. The number of benzene rings is 2. The van der Waals surface area contributed by atoms with E-state index in [2.05, 4.69) is 42.6 Å². The molecule has 3 aromatic rings. The van der Waals surface area contributed by atoms with Crippen molar-refractivity contribution in [1.82, 2.24) is 4.57 Å². The molecule has 0 radical (unpaired) electrons. The second kappa shape index (κ2) is 8.87. The quantitative estimate of drug-likeness (QED) is 0.445. The fourth-order valence-corrected chi connectivity index (χ4v) is 4.50. The number of fused-ring (bicyclic) bond motifs is 2. The third-order valence-corrected chi connectivity index (χ3v) is 6.02. The SMILES string of the molecule is O=C(O)CCn1cc(CCCCc2cccc3c2C=CCC3)c2ccc(Cl)cc21. The number of rotatable bonds is 8. The average molecular weight is 408 g/mol. The van der Waals surface area contributed by atoms with Crippen LogP contribution in [-0.4, -0.2) is 15.6 Å². The fraction of sp³-hybridized carbons (Fsp3) is 0.320. The Bertz CT molecular complexity index is 1060. The summed E-state index contributed by atoms with van der Waals surface area (Å²) in [5.41, 5.74) is 6.66. The van der Waals surface area contributed by atoms with Crippen molar-refractivity contribution < 1.29 is 9.90 Å². The number of carboxylic acids is 1. The zero-order chi connectivity index (χ0) is 20.2. The largest absolute Gasteiger partial charge is 0.481 e. The number of unbranched alkanes of at least 4 members (excludes halogenated alkanes) is 1. The standard InChI is InChI=1S/C25H26ClNO2/c26-21-12-13-23-20(17-27(24(23)16-21)15-14-25(28)29)8-2-1-6-18-9-5-10-19-7-3-4-11-22(18)19/h4-5,9-13,16-17H,1-3,6-8,14-15H2,(H,28,29). The van der Waals surface area contributed by atoms with Crippen molar-refractivity contribution in [2.75, 3.05) is 0 Å². The summed E-state index contributed by atoms with van der Waals surface area (Å²) in [6.45, 7) is 0.467. The monoisotopic (exact) mass is 407 g/mol. The summed E-state index contributed by atoms with van der Waals surface area (Å²) in [7, 11) is 0. The maximum Gasteiger partial charge on any atom is 0.305 e. The topological polar surface area (TPSA) is 42.2 Å². The van der Waals surface area contributed by atoms with E-state index in [1.165, 1.54) is 27.6 Å². The van der Waals surface area contributed by atoms with Crippen LogP contribution in [0.15, 0.2) is 48.7 Å². The van der Waals surface area contributed by atoms with Gasteiger partial charge >= 0.3 is 5.97 Å². The number of halogens is 1. The highest BCUT2D eigenvalue weighted by Crippen LogP contribution is 2.28. The van der Waals surface area contributed by atoms with E-state index >= 15 is 0 Å². The molecule has 0 saturated carbocycles. The maximum absolute atomic E-state index is 11.0. The Morgan fingerprint density at radius 1 is 1.10 bits per heavy atom. The molecule has 3 nitrogen and oxygen atoms in total. The second-order valence-electron chi connectivity index (χ2n) is 7.79. The van der Waals surface area contributed by atoms with Crippen LogP contribution in [0, 0.1) is 0 Å². The minimum absolute atomic E-state index is 0.113. The highest BCUT2D eigenvalue weighted by molar-refractivity contribution is 6.31. The van der Waals surface area contributed by atoms with Crippen LogP contribution in [0.2, 0.25) is 5.02 Å². The summed E-state index contributed by atoms with van der Waals surface area (Å²) >= 11 is 6.18. The van der Waals surface area contributed by atoms with Gasteiger partial charge in [-0.15, -0.1) is 0 Å². The predicted molar refractivity (Wildman–Crippen MR) is 120 cm³/mol. The van der Waals surface area contributed by atoms with E-state index in [1.807, 2.05) is 16.7 Å². The van der Waals surface area contributed by atoms with Crippen LogP contribution in [0.3, 0.4) is 0 Å². The number of hydrogen-bond donors (Lipinski definition) is 1. The van der Waals surface area contributed by atoms with Gasteiger partial charge in [-0.05, 0) is 72.9 Å². The number of aliphatic carboxylic acids is 1. The first-order valence-electron chi connectivity index (χ1n) is 10.4. The van der Waals surface area contributed by atoms with Gasteiger partial charge in [0.1, 0.15) is 0 Å². The van der Waals surface area contributed by atoms with Crippen LogP contribution in [0.4, 0.5) is 0 Å². The van der Waals surface area contributed by atoms with E-state index < -0.39 is 5.97 Å². The number of nitrogens with zero attached hydrogens (tertiary/aromatic N) is 1. The summed E-state index contributed by atoms with van der Waals surface area (Å²) in [5.74, 6) is -0.782. The summed E-state index contributed by atoms with van der Waals surface area (Å²) in [5, 5.41) is 10.9. The lowest BCUT2D eigenvalue weighted by molar-refractivity contribution is -0.137. The molecular formula is C25H26ClNO2. The molecule has 0 fully saturated rings. The third-order valence-electron chi connectivity index (χ3n) is 5.79. The Morgan fingerprint density at radius 2 is 1.93 bits per heavy atom. The molecule has 1 N–H and O–H groups in total. The number of aryl methyl sites for hydroxylation is 4. The molecule has 1 aliphatic rings. The van der Waals surface area contributed by atoms with E-state index in [-0.39, 0.29) is 6.42 Å². The van der Waals surface area contributed by atoms with Crippen molar-refractivity contribution >= 4 is 34.5 Å². The molecule has 0 amide bonds. The van der Waals surface area contributed by atoms with Gasteiger partial charge in [0.25, 0.3) is 0 Å². The number of carbonyl (C=O) groups is 1.